The summed E-state index contributed by atoms with van der Waals surface area (Å²) in [5, 5.41) is 2.56. The average molecular weight is 363 g/mol. The summed E-state index contributed by atoms with van der Waals surface area (Å²) >= 11 is 0. The molecule has 4 rings (SSSR count). The average Bonchev–Trinajstić information content (AvgIpc) is 2.76. The zero-order chi connectivity index (χ0) is 19.2. The first-order valence-corrected chi connectivity index (χ1v) is 10.2. The summed E-state index contributed by atoms with van der Waals surface area (Å²) in [6.45, 7) is 2.25. The minimum atomic E-state index is 1.13. The molecule has 0 aliphatic heterocycles. The molecular formula is C28H26. The number of fused-ring (bicyclic) bond motifs is 1. The van der Waals surface area contributed by atoms with Crippen molar-refractivity contribution < 1.29 is 0 Å². The molecule has 0 N–H and O–H groups in total. The molecule has 0 aromatic heterocycles. The zero-order valence-corrected chi connectivity index (χ0v) is 16.4. The Morgan fingerprint density at radius 2 is 1.36 bits per heavy atom. The summed E-state index contributed by atoms with van der Waals surface area (Å²) in [4.78, 5) is 0. The van der Waals surface area contributed by atoms with E-state index >= 15 is 0 Å². The lowest BCUT2D eigenvalue weighted by Crippen LogP contribution is -1.92. The highest BCUT2D eigenvalue weighted by Gasteiger charge is 2.07. The Kier molecular flexibility index (Phi) is 5.68. The Morgan fingerprint density at radius 1 is 0.643 bits per heavy atom. The first-order chi connectivity index (χ1) is 13.8. The number of unbranched alkanes of at least 4 members (excludes halogenated alkanes) is 1. The summed E-state index contributed by atoms with van der Waals surface area (Å²) in [6, 6.07) is 32.7. The topological polar surface area (TPSA) is 0 Å². The molecule has 0 saturated carbocycles. The van der Waals surface area contributed by atoms with Crippen LogP contribution in [0.3, 0.4) is 0 Å². The van der Waals surface area contributed by atoms with Gasteiger partial charge in [-0.25, -0.2) is 0 Å². The van der Waals surface area contributed by atoms with E-state index in [1.807, 2.05) is 0 Å². The first kappa shape index (κ1) is 18.3. The van der Waals surface area contributed by atoms with Gasteiger partial charge >= 0.3 is 0 Å². The Balaban J connectivity index is 1.69. The van der Waals surface area contributed by atoms with E-state index < -0.39 is 0 Å². The lowest BCUT2D eigenvalue weighted by Gasteiger charge is -2.12. The molecule has 0 amide bonds. The molecule has 0 aliphatic rings. The predicted molar refractivity (Wildman–Crippen MR) is 123 cm³/mol. The lowest BCUT2D eigenvalue weighted by atomic mass is 9.92. The smallest absolute Gasteiger partial charge is 0.0109 e. The molecule has 0 fully saturated rings. The Morgan fingerprint density at radius 3 is 2.21 bits per heavy atom. The van der Waals surface area contributed by atoms with Gasteiger partial charge in [-0.3, -0.25) is 0 Å². The number of hydrogen-bond donors (Lipinski definition) is 0. The maximum Gasteiger partial charge on any atom is -0.0109 e. The minimum absolute atomic E-state index is 1.13. The summed E-state index contributed by atoms with van der Waals surface area (Å²) < 4.78 is 0. The van der Waals surface area contributed by atoms with E-state index in [2.05, 4.69) is 110 Å². The van der Waals surface area contributed by atoms with Gasteiger partial charge in [0.05, 0.1) is 0 Å². The molecule has 4 aromatic rings. The highest BCUT2D eigenvalue weighted by Crippen LogP contribution is 2.29. The van der Waals surface area contributed by atoms with Crippen molar-refractivity contribution in [3.05, 3.63) is 108 Å². The molecule has 0 spiro atoms. The van der Waals surface area contributed by atoms with E-state index in [1.54, 1.807) is 0 Å². The van der Waals surface area contributed by atoms with E-state index in [1.165, 1.54) is 51.4 Å². The van der Waals surface area contributed by atoms with Gasteiger partial charge in [-0.15, -0.1) is 0 Å². The van der Waals surface area contributed by atoms with Crippen molar-refractivity contribution in [2.24, 2.45) is 0 Å². The molecule has 0 unspecified atom stereocenters. The highest BCUT2D eigenvalue weighted by molar-refractivity contribution is 5.87. The monoisotopic (exact) mass is 362 g/mol. The van der Waals surface area contributed by atoms with Crippen molar-refractivity contribution in [3.63, 3.8) is 0 Å². The van der Waals surface area contributed by atoms with Gasteiger partial charge in [-0.2, -0.15) is 0 Å². The van der Waals surface area contributed by atoms with Crippen LogP contribution in [0, 0.1) is 0 Å². The maximum atomic E-state index is 2.27. The third-order valence-corrected chi connectivity index (χ3v) is 5.30. The van der Waals surface area contributed by atoms with Gasteiger partial charge in [0.15, 0.2) is 0 Å². The lowest BCUT2D eigenvalue weighted by molar-refractivity contribution is 0.796. The van der Waals surface area contributed by atoms with Crippen LogP contribution < -0.4 is 0 Å². The highest BCUT2D eigenvalue weighted by atomic mass is 14.1. The van der Waals surface area contributed by atoms with Crippen molar-refractivity contribution in [1.82, 2.24) is 0 Å². The second kappa shape index (κ2) is 8.71. The molecule has 0 saturated heterocycles. The molecule has 0 atom stereocenters. The third kappa shape index (κ3) is 4.07. The summed E-state index contributed by atoms with van der Waals surface area (Å²) in [7, 11) is 0. The summed E-state index contributed by atoms with van der Waals surface area (Å²) in [5.74, 6) is 0. The Labute approximate surface area is 168 Å². The van der Waals surface area contributed by atoms with Crippen molar-refractivity contribution in [3.8, 4) is 11.1 Å². The van der Waals surface area contributed by atoms with Gasteiger partial charge in [0.1, 0.15) is 0 Å². The van der Waals surface area contributed by atoms with Gasteiger partial charge in [0.25, 0.3) is 0 Å². The van der Waals surface area contributed by atoms with Gasteiger partial charge in [-0.05, 0) is 57.5 Å². The quantitative estimate of drug-likeness (QED) is 0.305. The maximum absolute atomic E-state index is 2.27. The van der Waals surface area contributed by atoms with Crippen LogP contribution in [0.1, 0.15) is 36.5 Å². The van der Waals surface area contributed by atoms with Crippen LogP contribution in [-0.2, 0) is 6.42 Å². The van der Waals surface area contributed by atoms with E-state index in [0.717, 1.165) is 6.42 Å². The van der Waals surface area contributed by atoms with Crippen LogP contribution in [0.5, 0.6) is 0 Å². The molecule has 0 heteroatoms. The van der Waals surface area contributed by atoms with E-state index in [0.29, 0.717) is 0 Å². The molecule has 0 aliphatic carbocycles. The van der Waals surface area contributed by atoms with Crippen molar-refractivity contribution in [2.45, 2.75) is 26.2 Å². The van der Waals surface area contributed by atoms with Gasteiger partial charge in [0, 0.05) is 0 Å². The van der Waals surface area contributed by atoms with Crippen LogP contribution in [0.15, 0.2) is 91.0 Å². The van der Waals surface area contributed by atoms with E-state index in [9.17, 15) is 0 Å². The fourth-order valence-electron chi connectivity index (χ4n) is 3.75. The number of benzene rings is 4. The minimum Gasteiger partial charge on any atom is -0.0654 e. The molecule has 0 radical (unpaired) electrons. The van der Waals surface area contributed by atoms with Crippen LogP contribution in [0.25, 0.3) is 34.1 Å². The van der Waals surface area contributed by atoms with Crippen LogP contribution in [-0.4, -0.2) is 0 Å². The van der Waals surface area contributed by atoms with Crippen molar-refractivity contribution in [2.75, 3.05) is 0 Å². The number of rotatable bonds is 6. The second-order valence-electron chi connectivity index (χ2n) is 7.29. The number of aryl methyl sites for hydroxylation is 1. The second-order valence-corrected chi connectivity index (χ2v) is 7.29. The Hall–Kier alpha value is -3.12. The molecular weight excluding hydrogens is 336 g/mol. The van der Waals surface area contributed by atoms with Crippen molar-refractivity contribution >= 4 is 22.9 Å². The molecule has 138 valence electrons. The van der Waals surface area contributed by atoms with E-state index in [-0.39, 0.29) is 0 Å². The zero-order valence-electron chi connectivity index (χ0n) is 16.4. The first-order valence-electron chi connectivity index (χ1n) is 10.2. The van der Waals surface area contributed by atoms with Crippen LogP contribution >= 0.6 is 0 Å². The normalized spacial score (nSPS) is 11.3. The standard InChI is InChI=1S/C28H26/c1-2-3-10-24-12-6-8-15-27(24)28-16-9-7-13-25(28)20-18-22-17-19-23-11-4-5-14-26(23)21-22/h4-9,11-21H,2-3,10H2,1H3/b20-18+. The number of hydrogen-bond acceptors (Lipinski definition) is 0. The largest absolute Gasteiger partial charge is 0.0654 e. The molecule has 28 heavy (non-hydrogen) atoms. The molecule has 0 bridgehead atoms. The van der Waals surface area contributed by atoms with Gasteiger partial charge < -0.3 is 0 Å². The molecule has 0 heterocycles. The third-order valence-electron chi connectivity index (χ3n) is 5.30. The SMILES string of the molecule is CCCCc1ccccc1-c1ccccc1/C=C/c1ccc2ccccc2c1. The fraction of sp³-hybridized carbons (Fsp3) is 0.143. The van der Waals surface area contributed by atoms with E-state index in [4.69, 9.17) is 0 Å². The van der Waals surface area contributed by atoms with Crippen LogP contribution in [0.4, 0.5) is 0 Å². The summed E-state index contributed by atoms with van der Waals surface area (Å²) in [5.41, 5.74) is 6.60. The summed E-state index contributed by atoms with van der Waals surface area (Å²) in [6.07, 6.45) is 8.05. The molecule has 4 aromatic carbocycles. The fourth-order valence-corrected chi connectivity index (χ4v) is 3.75. The predicted octanol–water partition coefficient (Wildman–Crippen LogP) is 8.02. The van der Waals surface area contributed by atoms with Crippen molar-refractivity contribution in [1.29, 1.82) is 0 Å². The Bertz CT molecular complexity index is 1100. The van der Waals surface area contributed by atoms with Gasteiger partial charge in [-0.1, -0.05) is 110 Å². The van der Waals surface area contributed by atoms with Gasteiger partial charge in [0.2, 0.25) is 0 Å². The van der Waals surface area contributed by atoms with Crippen LogP contribution in [0.2, 0.25) is 0 Å². The molecule has 0 nitrogen and oxygen atoms in total.